The number of rotatable bonds is 5. The molecule has 0 unspecified atom stereocenters. The zero-order valence-corrected chi connectivity index (χ0v) is 10.7. The van der Waals surface area contributed by atoms with Crippen LogP contribution in [-0.2, 0) is 25.5 Å². The summed E-state index contributed by atoms with van der Waals surface area (Å²) in [4.78, 5) is 27.3. The maximum Gasteiger partial charge on any atom is 0.310 e. The van der Waals surface area contributed by atoms with E-state index in [1.165, 1.54) is 25.6 Å². The van der Waals surface area contributed by atoms with Crippen molar-refractivity contribution in [3.8, 4) is 0 Å². The van der Waals surface area contributed by atoms with Gasteiger partial charge in [0.1, 0.15) is 6.61 Å². The van der Waals surface area contributed by atoms with Crippen LogP contribution < -0.4 is 5.32 Å². The fourth-order valence-corrected chi connectivity index (χ4v) is 2.10. The number of anilines is 1. The summed E-state index contributed by atoms with van der Waals surface area (Å²) in [6.45, 7) is 1.76. The maximum absolute atomic E-state index is 11.3. The van der Waals surface area contributed by atoms with Crippen molar-refractivity contribution < 1.29 is 19.1 Å². The van der Waals surface area contributed by atoms with Gasteiger partial charge in [0.15, 0.2) is 5.13 Å². The molecule has 6 nitrogen and oxygen atoms in total. The van der Waals surface area contributed by atoms with E-state index < -0.39 is 0 Å². The van der Waals surface area contributed by atoms with Gasteiger partial charge in [-0.15, -0.1) is 11.3 Å². The smallest absolute Gasteiger partial charge is 0.310 e. The topological polar surface area (TPSA) is 77.5 Å². The molecular weight excluding hydrogens is 244 g/mol. The largest absolute Gasteiger partial charge is 0.469 e. The standard InChI is InChI=1S/C10H14N2O4S/c1-6-7(4-9(14)16-3)17-10(11-6)12-8(13)5-15-2/h4-5H2,1-3H3,(H,11,12,13). The summed E-state index contributed by atoms with van der Waals surface area (Å²) in [7, 11) is 2.77. The number of methoxy groups -OCH3 is 2. The van der Waals surface area contributed by atoms with Crippen molar-refractivity contribution in [3.05, 3.63) is 10.6 Å². The summed E-state index contributed by atoms with van der Waals surface area (Å²) in [6.07, 6.45) is 0.167. The van der Waals surface area contributed by atoms with E-state index in [2.05, 4.69) is 19.8 Å². The number of nitrogens with one attached hydrogen (secondary N) is 1. The molecule has 0 saturated carbocycles. The molecule has 1 aromatic heterocycles. The van der Waals surface area contributed by atoms with Gasteiger partial charge >= 0.3 is 5.97 Å². The van der Waals surface area contributed by atoms with Crippen LogP contribution >= 0.6 is 11.3 Å². The van der Waals surface area contributed by atoms with Crippen LogP contribution in [0.2, 0.25) is 0 Å². The molecule has 7 heteroatoms. The van der Waals surface area contributed by atoms with Crippen molar-refractivity contribution in [2.75, 3.05) is 26.1 Å². The molecule has 1 amide bonds. The Balaban J connectivity index is 2.67. The normalized spacial score (nSPS) is 10.1. The highest BCUT2D eigenvalue weighted by Crippen LogP contribution is 2.23. The fraction of sp³-hybridized carbons (Fsp3) is 0.500. The van der Waals surface area contributed by atoms with Crippen LogP contribution in [-0.4, -0.2) is 37.7 Å². The van der Waals surface area contributed by atoms with E-state index in [1.54, 1.807) is 6.92 Å². The number of esters is 1. The van der Waals surface area contributed by atoms with Gasteiger partial charge in [0.05, 0.1) is 19.2 Å². The van der Waals surface area contributed by atoms with Crippen molar-refractivity contribution in [3.63, 3.8) is 0 Å². The third-order valence-electron chi connectivity index (χ3n) is 1.95. The third kappa shape index (κ3) is 4.12. The first-order chi connectivity index (χ1) is 8.06. The van der Waals surface area contributed by atoms with Crippen LogP contribution in [0.4, 0.5) is 5.13 Å². The molecule has 0 aliphatic carbocycles. The maximum atomic E-state index is 11.3. The highest BCUT2D eigenvalue weighted by atomic mass is 32.1. The lowest BCUT2D eigenvalue weighted by Gasteiger charge is -1.98. The van der Waals surface area contributed by atoms with Crippen LogP contribution in [0.25, 0.3) is 0 Å². The number of thiazole rings is 1. The second kappa shape index (κ2) is 6.31. The highest BCUT2D eigenvalue weighted by Gasteiger charge is 2.13. The molecule has 1 heterocycles. The Morgan fingerprint density at radius 2 is 2.12 bits per heavy atom. The molecule has 1 aromatic rings. The quantitative estimate of drug-likeness (QED) is 0.789. The summed E-state index contributed by atoms with van der Waals surface area (Å²) in [5.41, 5.74) is 0.716. The predicted octanol–water partition coefficient (Wildman–Crippen LogP) is 0.752. The first-order valence-corrected chi connectivity index (χ1v) is 5.70. The lowest BCUT2D eigenvalue weighted by atomic mass is 10.3. The molecule has 1 rings (SSSR count). The second-order valence-corrected chi connectivity index (χ2v) is 4.35. The summed E-state index contributed by atoms with van der Waals surface area (Å²) in [5.74, 6) is -0.600. The monoisotopic (exact) mass is 258 g/mol. The Kier molecular flexibility index (Phi) is 5.05. The van der Waals surface area contributed by atoms with Crippen molar-refractivity contribution in [2.45, 2.75) is 13.3 Å². The Bertz CT molecular complexity index is 416. The average molecular weight is 258 g/mol. The average Bonchev–Trinajstić information content (AvgIpc) is 2.59. The Morgan fingerprint density at radius 1 is 1.41 bits per heavy atom. The first kappa shape index (κ1) is 13.6. The summed E-state index contributed by atoms with van der Waals surface area (Å²) >= 11 is 1.26. The van der Waals surface area contributed by atoms with Gasteiger partial charge in [0.25, 0.3) is 5.91 Å². The second-order valence-electron chi connectivity index (χ2n) is 3.26. The third-order valence-corrected chi connectivity index (χ3v) is 3.02. The number of aryl methyl sites for hydroxylation is 1. The SMILES string of the molecule is COCC(=O)Nc1nc(C)c(CC(=O)OC)s1. The van der Waals surface area contributed by atoms with E-state index in [4.69, 9.17) is 0 Å². The van der Waals surface area contributed by atoms with E-state index in [1.807, 2.05) is 0 Å². The molecular formula is C10H14N2O4S. The number of hydrogen-bond acceptors (Lipinski definition) is 6. The van der Waals surface area contributed by atoms with Gasteiger partial charge in [-0.2, -0.15) is 0 Å². The van der Waals surface area contributed by atoms with E-state index in [-0.39, 0.29) is 24.9 Å². The Labute approximate surface area is 103 Å². The van der Waals surface area contributed by atoms with Crippen LogP contribution in [0.5, 0.6) is 0 Å². The number of ether oxygens (including phenoxy) is 2. The minimum absolute atomic E-state index is 0.0229. The van der Waals surface area contributed by atoms with Crippen LogP contribution in [0.1, 0.15) is 10.6 Å². The first-order valence-electron chi connectivity index (χ1n) is 4.88. The molecule has 0 fully saturated rings. The Hall–Kier alpha value is -1.47. The minimum atomic E-state index is -0.327. The van der Waals surface area contributed by atoms with Crippen molar-refractivity contribution >= 4 is 28.3 Å². The molecule has 0 radical (unpaired) electrons. The molecule has 0 bridgehead atoms. The molecule has 17 heavy (non-hydrogen) atoms. The molecule has 0 aliphatic heterocycles. The number of aromatic nitrogens is 1. The summed E-state index contributed by atoms with van der Waals surface area (Å²) < 4.78 is 9.26. The zero-order valence-electron chi connectivity index (χ0n) is 9.90. The summed E-state index contributed by atoms with van der Waals surface area (Å²) in [6, 6.07) is 0. The summed E-state index contributed by atoms with van der Waals surface area (Å²) in [5, 5.41) is 3.05. The molecule has 0 saturated heterocycles. The number of carbonyl (C=O) groups excluding carboxylic acids is 2. The van der Waals surface area contributed by atoms with Gasteiger partial charge < -0.3 is 9.47 Å². The van der Waals surface area contributed by atoms with Crippen molar-refractivity contribution in [1.29, 1.82) is 0 Å². The van der Waals surface area contributed by atoms with Gasteiger partial charge in [0.2, 0.25) is 0 Å². The van der Waals surface area contributed by atoms with Crippen LogP contribution in [0.3, 0.4) is 0 Å². The zero-order chi connectivity index (χ0) is 12.8. The van der Waals surface area contributed by atoms with Crippen LogP contribution in [0, 0.1) is 6.92 Å². The van der Waals surface area contributed by atoms with E-state index in [9.17, 15) is 9.59 Å². The lowest BCUT2D eigenvalue weighted by Crippen LogP contribution is -2.16. The van der Waals surface area contributed by atoms with Gasteiger partial charge in [-0.05, 0) is 6.92 Å². The van der Waals surface area contributed by atoms with E-state index in [0.717, 1.165) is 4.88 Å². The van der Waals surface area contributed by atoms with E-state index in [0.29, 0.717) is 10.8 Å². The van der Waals surface area contributed by atoms with Gasteiger partial charge in [-0.25, -0.2) is 4.98 Å². The van der Waals surface area contributed by atoms with Gasteiger partial charge in [-0.1, -0.05) is 0 Å². The number of nitrogens with zero attached hydrogens (tertiary/aromatic N) is 1. The lowest BCUT2D eigenvalue weighted by molar-refractivity contribution is -0.139. The van der Waals surface area contributed by atoms with E-state index >= 15 is 0 Å². The van der Waals surface area contributed by atoms with Gasteiger partial charge in [0, 0.05) is 12.0 Å². The molecule has 0 atom stereocenters. The molecule has 0 spiro atoms. The fourth-order valence-electron chi connectivity index (χ4n) is 1.14. The Morgan fingerprint density at radius 3 is 2.71 bits per heavy atom. The number of hydrogen-bond donors (Lipinski definition) is 1. The van der Waals surface area contributed by atoms with Crippen molar-refractivity contribution in [2.24, 2.45) is 0 Å². The highest BCUT2D eigenvalue weighted by molar-refractivity contribution is 7.16. The number of carbonyl (C=O) groups is 2. The van der Waals surface area contributed by atoms with Crippen LogP contribution in [0.15, 0.2) is 0 Å². The minimum Gasteiger partial charge on any atom is -0.469 e. The molecule has 94 valence electrons. The molecule has 1 N–H and O–H groups in total. The predicted molar refractivity (Wildman–Crippen MR) is 63.1 cm³/mol. The van der Waals surface area contributed by atoms with Gasteiger partial charge in [-0.3, -0.25) is 14.9 Å². The molecule has 0 aromatic carbocycles. The van der Waals surface area contributed by atoms with Crippen molar-refractivity contribution in [1.82, 2.24) is 4.98 Å². The number of amides is 1. The molecule has 0 aliphatic rings.